The number of rotatable bonds is 5. The van der Waals surface area contributed by atoms with Crippen LogP contribution in [0.3, 0.4) is 0 Å². The summed E-state index contributed by atoms with van der Waals surface area (Å²) in [5.74, 6) is 2.04. The van der Waals surface area contributed by atoms with E-state index in [9.17, 15) is 4.79 Å². The van der Waals surface area contributed by atoms with Crippen molar-refractivity contribution in [1.82, 2.24) is 5.32 Å². The first kappa shape index (κ1) is 17.8. The molecular formula is C21H29NO3. The SMILES string of the molecule is COc1ccc(C=CC(=O)NC2CC3CCC2(C)C3(C)C)cc1OC. The lowest BCUT2D eigenvalue weighted by Crippen LogP contribution is -2.46. The Bertz CT molecular complexity index is 694. The molecule has 4 nitrogen and oxygen atoms in total. The largest absolute Gasteiger partial charge is 0.493 e. The van der Waals surface area contributed by atoms with E-state index in [-0.39, 0.29) is 17.4 Å². The number of carbonyl (C=O) groups excluding carboxylic acids is 1. The zero-order valence-corrected chi connectivity index (χ0v) is 15.9. The standard InChI is InChI=1S/C21H29NO3/c1-20(2)15-10-11-21(20,3)18(13-15)22-19(23)9-7-14-6-8-16(24-4)17(12-14)25-5/h6-9,12,15,18H,10-11,13H2,1-5H3,(H,22,23). The molecule has 0 aromatic heterocycles. The highest BCUT2D eigenvalue weighted by molar-refractivity contribution is 5.92. The molecule has 3 rings (SSSR count). The van der Waals surface area contributed by atoms with Crippen LogP contribution in [0.1, 0.15) is 45.6 Å². The van der Waals surface area contributed by atoms with Crippen LogP contribution >= 0.6 is 0 Å². The quantitative estimate of drug-likeness (QED) is 0.821. The van der Waals surface area contributed by atoms with Gasteiger partial charge in [0, 0.05) is 12.1 Å². The van der Waals surface area contributed by atoms with Crippen LogP contribution in [-0.4, -0.2) is 26.2 Å². The molecule has 136 valence electrons. The minimum absolute atomic E-state index is 0.0237. The minimum atomic E-state index is -0.0237. The number of methoxy groups -OCH3 is 2. The minimum Gasteiger partial charge on any atom is -0.493 e. The number of nitrogens with one attached hydrogen (secondary N) is 1. The van der Waals surface area contributed by atoms with E-state index in [4.69, 9.17) is 9.47 Å². The number of hydrogen-bond donors (Lipinski definition) is 1. The van der Waals surface area contributed by atoms with Crippen molar-refractivity contribution in [2.45, 2.75) is 46.1 Å². The molecule has 1 aromatic carbocycles. The van der Waals surface area contributed by atoms with E-state index in [1.165, 1.54) is 12.8 Å². The second kappa shape index (κ2) is 6.40. The number of fused-ring (bicyclic) bond motifs is 2. The van der Waals surface area contributed by atoms with E-state index in [1.54, 1.807) is 20.3 Å². The molecule has 2 saturated carbocycles. The Morgan fingerprint density at radius 3 is 2.48 bits per heavy atom. The third kappa shape index (κ3) is 2.92. The zero-order valence-electron chi connectivity index (χ0n) is 15.9. The fraction of sp³-hybridized carbons (Fsp3) is 0.571. The Balaban J connectivity index is 1.67. The first-order chi connectivity index (χ1) is 11.8. The van der Waals surface area contributed by atoms with E-state index < -0.39 is 0 Å². The molecular weight excluding hydrogens is 314 g/mol. The first-order valence-electron chi connectivity index (χ1n) is 9.02. The van der Waals surface area contributed by atoms with Crippen LogP contribution in [0.25, 0.3) is 6.08 Å². The molecule has 0 aliphatic heterocycles. The van der Waals surface area contributed by atoms with Crippen LogP contribution in [0.5, 0.6) is 11.5 Å². The Morgan fingerprint density at radius 2 is 1.92 bits per heavy atom. The highest BCUT2D eigenvalue weighted by atomic mass is 16.5. The molecule has 0 saturated heterocycles. The molecule has 3 unspecified atom stereocenters. The Hall–Kier alpha value is -1.97. The monoisotopic (exact) mass is 343 g/mol. The molecule has 2 bridgehead atoms. The van der Waals surface area contributed by atoms with Crippen LogP contribution in [0.2, 0.25) is 0 Å². The second-order valence-corrected chi connectivity index (χ2v) is 8.12. The maximum absolute atomic E-state index is 12.4. The van der Waals surface area contributed by atoms with Crippen molar-refractivity contribution in [3.8, 4) is 11.5 Å². The van der Waals surface area contributed by atoms with Gasteiger partial charge in [0.05, 0.1) is 14.2 Å². The number of amides is 1. The van der Waals surface area contributed by atoms with Gasteiger partial charge in [-0.05, 0) is 59.8 Å². The van der Waals surface area contributed by atoms with Crippen LogP contribution in [0, 0.1) is 16.7 Å². The average Bonchev–Trinajstić information content (AvgIpc) is 2.93. The van der Waals surface area contributed by atoms with Gasteiger partial charge >= 0.3 is 0 Å². The van der Waals surface area contributed by atoms with Gasteiger partial charge < -0.3 is 14.8 Å². The van der Waals surface area contributed by atoms with Crippen LogP contribution in [0.4, 0.5) is 0 Å². The van der Waals surface area contributed by atoms with Gasteiger partial charge in [-0.15, -0.1) is 0 Å². The third-order valence-corrected chi connectivity index (χ3v) is 6.95. The van der Waals surface area contributed by atoms with Crippen molar-refractivity contribution in [3.63, 3.8) is 0 Å². The molecule has 4 heteroatoms. The summed E-state index contributed by atoms with van der Waals surface area (Å²) < 4.78 is 10.5. The van der Waals surface area contributed by atoms with Gasteiger partial charge in [0.25, 0.3) is 0 Å². The summed E-state index contributed by atoms with van der Waals surface area (Å²) >= 11 is 0. The maximum atomic E-state index is 12.4. The predicted octanol–water partition coefficient (Wildman–Crippen LogP) is 4.05. The van der Waals surface area contributed by atoms with Gasteiger partial charge in [0.15, 0.2) is 11.5 Å². The van der Waals surface area contributed by atoms with E-state index in [0.717, 1.165) is 17.9 Å². The first-order valence-corrected chi connectivity index (χ1v) is 9.02. The molecule has 2 aliphatic rings. The normalized spacial score (nSPS) is 29.8. The number of hydrogen-bond acceptors (Lipinski definition) is 3. The summed E-state index contributed by atoms with van der Waals surface area (Å²) in [5.41, 5.74) is 1.41. The van der Waals surface area contributed by atoms with Gasteiger partial charge in [0.1, 0.15) is 0 Å². The average molecular weight is 343 g/mol. The summed E-state index contributed by atoms with van der Waals surface area (Å²) in [6.07, 6.45) is 7.02. The Labute approximate surface area is 150 Å². The van der Waals surface area contributed by atoms with Crippen LogP contribution in [0.15, 0.2) is 24.3 Å². The van der Waals surface area contributed by atoms with E-state index in [2.05, 4.69) is 26.1 Å². The van der Waals surface area contributed by atoms with Crippen LogP contribution in [-0.2, 0) is 4.79 Å². The predicted molar refractivity (Wildman–Crippen MR) is 99.7 cm³/mol. The molecule has 25 heavy (non-hydrogen) atoms. The van der Waals surface area contributed by atoms with E-state index in [0.29, 0.717) is 16.9 Å². The van der Waals surface area contributed by atoms with Crippen LogP contribution < -0.4 is 14.8 Å². The highest BCUT2D eigenvalue weighted by Crippen LogP contribution is 2.65. The topological polar surface area (TPSA) is 47.6 Å². The molecule has 1 N–H and O–H groups in total. The molecule has 3 atom stereocenters. The molecule has 0 radical (unpaired) electrons. The zero-order chi connectivity index (χ0) is 18.2. The fourth-order valence-electron chi connectivity index (χ4n) is 4.77. The molecule has 0 heterocycles. The van der Waals surface area contributed by atoms with Crippen molar-refractivity contribution in [2.24, 2.45) is 16.7 Å². The van der Waals surface area contributed by atoms with Gasteiger partial charge in [-0.3, -0.25) is 4.79 Å². The smallest absolute Gasteiger partial charge is 0.244 e. The fourth-order valence-corrected chi connectivity index (χ4v) is 4.77. The van der Waals surface area contributed by atoms with Crippen molar-refractivity contribution < 1.29 is 14.3 Å². The summed E-state index contributed by atoms with van der Waals surface area (Å²) in [5, 5.41) is 3.25. The molecule has 1 aromatic rings. The molecule has 0 spiro atoms. The number of carbonyl (C=O) groups is 1. The van der Waals surface area contributed by atoms with Gasteiger partial charge in [-0.1, -0.05) is 26.8 Å². The Kier molecular flexibility index (Phi) is 4.56. The lowest BCUT2D eigenvalue weighted by Gasteiger charge is -2.39. The van der Waals surface area contributed by atoms with Gasteiger partial charge in [0.2, 0.25) is 5.91 Å². The second-order valence-electron chi connectivity index (χ2n) is 8.12. The lowest BCUT2D eigenvalue weighted by molar-refractivity contribution is -0.118. The molecule has 2 aliphatic carbocycles. The molecule has 1 amide bonds. The van der Waals surface area contributed by atoms with E-state index in [1.807, 2.05) is 24.3 Å². The number of ether oxygens (including phenoxy) is 2. The van der Waals surface area contributed by atoms with Gasteiger partial charge in [-0.2, -0.15) is 0 Å². The van der Waals surface area contributed by atoms with E-state index >= 15 is 0 Å². The van der Waals surface area contributed by atoms with Crippen molar-refractivity contribution >= 4 is 12.0 Å². The summed E-state index contributed by atoms with van der Waals surface area (Å²) in [6.45, 7) is 7.05. The summed E-state index contributed by atoms with van der Waals surface area (Å²) in [4.78, 5) is 12.4. The molecule has 2 fully saturated rings. The number of benzene rings is 1. The van der Waals surface area contributed by atoms with Crippen molar-refractivity contribution in [3.05, 3.63) is 29.8 Å². The van der Waals surface area contributed by atoms with Crippen molar-refractivity contribution in [2.75, 3.05) is 14.2 Å². The highest BCUT2D eigenvalue weighted by Gasteiger charge is 2.61. The third-order valence-electron chi connectivity index (χ3n) is 6.95. The summed E-state index contributed by atoms with van der Waals surface area (Å²) in [7, 11) is 3.22. The van der Waals surface area contributed by atoms with Crippen molar-refractivity contribution in [1.29, 1.82) is 0 Å². The lowest BCUT2D eigenvalue weighted by atomic mass is 9.69. The van der Waals surface area contributed by atoms with Gasteiger partial charge in [-0.25, -0.2) is 0 Å². The Morgan fingerprint density at radius 1 is 1.20 bits per heavy atom. The maximum Gasteiger partial charge on any atom is 0.244 e. The summed E-state index contributed by atoms with van der Waals surface area (Å²) in [6, 6.07) is 5.89.